The van der Waals surface area contributed by atoms with Crippen LogP contribution in [-0.2, 0) is 11.2 Å². The van der Waals surface area contributed by atoms with E-state index in [0.717, 1.165) is 25.0 Å². The average molecular weight is 330 g/mol. The van der Waals surface area contributed by atoms with E-state index in [-0.39, 0.29) is 11.8 Å². The second-order valence-electron chi connectivity index (χ2n) is 6.29. The van der Waals surface area contributed by atoms with E-state index in [1.807, 2.05) is 11.4 Å². The number of amides is 1. The van der Waals surface area contributed by atoms with Crippen molar-refractivity contribution in [1.29, 1.82) is 0 Å². The fraction of sp³-hybridized carbons (Fsp3) is 0.444. The van der Waals surface area contributed by atoms with Crippen LogP contribution in [0, 0.1) is 5.41 Å². The highest BCUT2D eigenvalue weighted by molar-refractivity contribution is 7.13. The predicted octanol–water partition coefficient (Wildman–Crippen LogP) is 4.24. The molecule has 1 amide bonds. The van der Waals surface area contributed by atoms with Crippen molar-refractivity contribution in [2.24, 2.45) is 5.41 Å². The van der Waals surface area contributed by atoms with Crippen LogP contribution in [-0.4, -0.2) is 18.0 Å². The molecule has 1 aromatic carbocycles. The number of carbonyl (C=O) groups excluding carboxylic acids is 1. The first-order valence-electron chi connectivity index (χ1n) is 7.96. The summed E-state index contributed by atoms with van der Waals surface area (Å²) < 4.78 is 5.37. The molecule has 0 bridgehead atoms. The van der Waals surface area contributed by atoms with E-state index in [1.165, 1.54) is 22.5 Å². The summed E-state index contributed by atoms with van der Waals surface area (Å²) in [6.45, 7) is 4.24. The number of anilines is 1. The number of rotatable bonds is 5. The number of aromatic nitrogens is 1. The molecule has 0 saturated heterocycles. The number of ether oxygens (including phenoxy) is 1. The van der Waals surface area contributed by atoms with Crippen molar-refractivity contribution >= 4 is 22.4 Å². The molecule has 1 N–H and O–H groups in total. The third-order valence-electron chi connectivity index (χ3n) is 4.80. The maximum atomic E-state index is 13.0. The molecule has 1 aliphatic rings. The Labute approximate surface area is 140 Å². The van der Waals surface area contributed by atoms with Gasteiger partial charge in [0.1, 0.15) is 5.75 Å². The number of benzene rings is 1. The molecule has 0 spiro atoms. The Morgan fingerprint density at radius 1 is 1.52 bits per heavy atom. The lowest BCUT2D eigenvalue weighted by Gasteiger charge is -2.30. The number of fused-ring (bicyclic) bond motifs is 1. The highest BCUT2D eigenvalue weighted by atomic mass is 32.1. The molecular formula is C18H22N2O2S. The Morgan fingerprint density at radius 2 is 2.35 bits per heavy atom. The van der Waals surface area contributed by atoms with Gasteiger partial charge in [-0.1, -0.05) is 19.4 Å². The van der Waals surface area contributed by atoms with Crippen molar-refractivity contribution in [2.75, 3.05) is 12.4 Å². The zero-order valence-corrected chi connectivity index (χ0v) is 14.6. The monoisotopic (exact) mass is 330 g/mol. The summed E-state index contributed by atoms with van der Waals surface area (Å²) in [6.07, 6.45) is 4.50. The van der Waals surface area contributed by atoms with Crippen LogP contribution in [0.2, 0.25) is 0 Å². The van der Waals surface area contributed by atoms with Crippen LogP contribution >= 0.6 is 11.3 Å². The summed E-state index contributed by atoms with van der Waals surface area (Å²) in [5.41, 5.74) is 2.06. The van der Waals surface area contributed by atoms with Gasteiger partial charge in [0.25, 0.3) is 0 Å². The SMILES string of the molecule is CCC[C@@H]1c2cc(OC)ccc2C[C@]1(C)C(=O)Nc1nccs1. The number of nitrogens with zero attached hydrogens (tertiary/aromatic N) is 1. The Bertz CT molecular complexity index is 699. The highest BCUT2D eigenvalue weighted by Gasteiger charge is 2.47. The molecule has 0 fully saturated rings. The third kappa shape index (κ3) is 2.85. The summed E-state index contributed by atoms with van der Waals surface area (Å²) >= 11 is 1.45. The third-order valence-corrected chi connectivity index (χ3v) is 5.49. The Kier molecular flexibility index (Phi) is 4.39. The maximum absolute atomic E-state index is 13.0. The molecule has 122 valence electrons. The molecular weight excluding hydrogens is 308 g/mol. The zero-order valence-electron chi connectivity index (χ0n) is 13.8. The number of methoxy groups -OCH3 is 1. The number of hydrogen-bond donors (Lipinski definition) is 1. The minimum atomic E-state index is -0.448. The summed E-state index contributed by atoms with van der Waals surface area (Å²) in [6, 6.07) is 6.17. The van der Waals surface area contributed by atoms with Crippen LogP contribution < -0.4 is 10.1 Å². The highest BCUT2D eigenvalue weighted by Crippen LogP contribution is 2.51. The van der Waals surface area contributed by atoms with Gasteiger partial charge in [0.2, 0.25) is 5.91 Å². The molecule has 0 unspecified atom stereocenters. The first-order valence-corrected chi connectivity index (χ1v) is 8.84. The minimum Gasteiger partial charge on any atom is -0.497 e. The number of hydrogen-bond acceptors (Lipinski definition) is 4. The molecule has 1 aromatic heterocycles. The maximum Gasteiger partial charge on any atom is 0.233 e. The molecule has 0 saturated carbocycles. The lowest BCUT2D eigenvalue weighted by Crippen LogP contribution is -2.37. The van der Waals surface area contributed by atoms with Gasteiger partial charge in [-0.05, 0) is 48.9 Å². The van der Waals surface area contributed by atoms with Crippen molar-refractivity contribution in [3.05, 3.63) is 40.9 Å². The second kappa shape index (κ2) is 6.32. The molecule has 2 aromatic rings. The summed E-state index contributed by atoms with van der Waals surface area (Å²) in [5, 5.41) is 5.53. The number of carbonyl (C=O) groups is 1. The lowest BCUT2D eigenvalue weighted by atomic mass is 9.75. The molecule has 3 rings (SSSR count). The molecule has 0 radical (unpaired) electrons. The van der Waals surface area contributed by atoms with Crippen LogP contribution in [0.1, 0.15) is 43.7 Å². The Balaban J connectivity index is 1.93. The van der Waals surface area contributed by atoms with Gasteiger partial charge < -0.3 is 10.1 Å². The van der Waals surface area contributed by atoms with E-state index in [0.29, 0.717) is 5.13 Å². The molecule has 2 atom stereocenters. The van der Waals surface area contributed by atoms with E-state index in [1.54, 1.807) is 13.3 Å². The van der Waals surface area contributed by atoms with Crippen LogP contribution in [0.25, 0.3) is 0 Å². The Hall–Kier alpha value is -1.88. The first-order chi connectivity index (χ1) is 11.1. The molecule has 1 aliphatic carbocycles. The summed E-state index contributed by atoms with van der Waals surface area (Å²) in [5.74, 6) is 1.12. The number of nitrogens with one attached hydrogen (secondary N) is 1. The fourth-order valence-electron chi connectivity index (χ4n) is 3.57. The molecule has 0 aliphatic heterocycles. The molecule has 5 heteroatoms. The van der Waals surface area contributed by atoms with Crippen molar-refractivity contribution in [2.45, 2.75) is 39.0 Å². The van der Waals surface area contributed by atoms with Crippen LogP contribution in [0.15, 0.2) is 29.8 Å². The van der Waals surface area contributed by atoms with Gasteiger partial charge in [-0.2, -0.15) is 0 Å². The van der Waals surface area contributed by atoms with Gasteiger partial charge >= 0.3 is 0 Å². The van der Waals surface area contributed by atoms with Gasteiger partial charge in [-0.3, -0.25) is 4.79 Å². The van der Waals surface area contributed by atoms with Gasteiger partial charge in [0, 0.05) is 11.6 Å². The van der Waals surface area contributed by atoms with Gasteiger partial charge in [0.05, 0.1) is 12.5 Å². The predicted molar refractivity (Wildman–Crippen MR) is 93.2 cm³/mol. The largest absolute Gasteiger partial charge is 0.497 e. The standard InChI is InChI=1S/C18H22N2O2S/c1-4-5-15-14-10-13(22-3)7-6-12(14)11-18(15,2)16(21)20-17-19-8-9-23-17/h6-10,15H,4-5,11H2,1-3H3,(H,19,20,21)/t15-,18+/m1/s1. The smallest absolute Gasteiger partial charge is 0.233 e. The number of thiazole rings is 1. The Morgan fingerprint density at radius 3 is 3.00 bits per heavy atom. The average Bonchev–Trinajstić information content (AvgIpc) is 3.15. The summed E-state index contributed by atoms with van der Waals surface area (Å²) in [4.78, 5) is 17.1. The van der Waals surface area contributed by atoms with Crippen molar-refractivity contribution in [1.82, 2.24) is 4.98 Å². The van der Waals surface area contributed by atoms with E-state index < -0.39 is 5.41 Å². The summed E-state index contributed by atoms with van der Waals surface area (Å²) in [7, 11) is 1.68. The van der Waals surface area contributed by atoms with Crippen molar-refractivity contribution in [3.8, 4) is 5.75 Å². The van der Waals surface area contributed by atoms with Gasteiger partial charge in [0.15, 0.2) is 5.13 Å². The van der Waals surface area contributed by atoms with E-state index in [9.17, 15) is 4.79 Å². The van der Waals surface area contributed by atoms with E-state index >= 15 is 0 Å². The van der Waals surface area contributed by atoms with E-state index in [2.05, 4.69) is 36.3 Å². The normalized spacial score (nSPS) is 22.7. The van der Waals surface area contributed by atoms with Crippen molar-refractivity contribution < 1.29 is 9.53 Å². The minimum absolute atomic E-state index is 0.0565. The topological polar surface area (TPSA) is 51.2 Å². The zero-order chi connectivity index (χ0) is 16.4. The molecule has 4 nitrogen and oxygen atoms in total. The van der Waals surface area contributed by atoms with Crippen LogP contribution in [0.3, 0.4) is 0 Å². The second-order valence-corrected chi connectivity index (χ2v) is 7.19. The van der Waals surface area contributed by atoms with Crippen LogP contribution in [0.5, 0.6) is 5.75 Å². The van der Waals surface area contributed by atoms with Crippen LogP contribution in [0.4, 0.5) is 5.13 Å². The van der Waals surface area contributed by atoms with Gasteiger partial charge in [-0.15, -0.1) is 11.3 Å². The molecule has 23 heavy (non-hydrogen) atoms. The lowest BCUT2D eigenvalue weighted by molar-refractivity contribution is -0.125. The van der Waals surface area contributed by atoms with Crippen molar-refractivity contribution in [3.63, 3.8) is 0 Å². The first kappa shape index (κ1) is 16.0. The van der Waals surface area contributed by atoms with Gasteiger partial charge in [-0.25, -0.2) is 4.98 Å². The molecule has 1 heterocycles. The van der Waals surface area contributed by atoms with E-state index in [4.69, 9.17) is 4.74 Å². The fourth-order valence-corrected chi connectivity index (χ4v) is 4.10. The quantitative estimate of drug-likeness (QED) is 0.892.